The molecule has 5 N–H and O–H groups in total. The first kappa shape index (κ1) is 27.4. The van der Waals surface area contributed by atoms with Crippen LogP contribution in [0, 0.1) is 23.7 Å². The molecule has 40 heavy (non-hydrogen) atoms. The number of nitrogens with two attached hydrogens (primary N) is 1. The van der Waals surface area contributed by atoms with E-state index in [0.717, 1.165) is 11.3 Å². The number of likely N-dealkylation sites (N-methyl/N-ethyl adjacent to an activating group) is 1. The molecule has 208 valence electrons. The van der Waals surface area contributed by atoms with Crippen LogP contribution in [0.2, 0.25) is 0 Å². The Morgan fingerprint density at radius 1 is 1.10 bits per heavy atom. The van der Waals surface area contributed by atoms with Gasteiger partial charge in [-0.15, -0.1) is 0 Å². The molecule has 11 heteroatoms. The molecule has 0 heterocycles. The van der Waals surface area contributed by atoms with E-state index < -0.39 is 64.4 Å². The molecule has 2 fully saturated rings. The largest absolute Gasteiger partial charge is 0.507 e. The van der Waals surface area contributed by atoms with Gasteiger partial charge in [-0.3, -0.25) is 33.9 Å². The third-order valence-corrected chi connectivity index (χ3v) is 8.50. The minimum Gasteiger partial charge on any atom is -0.507 e. The SMILES string of the molecule is CN=CNc1ccc(-c2ccc(O)c3c2C[C@@H]2C[C@@H]4[C@@H](N(C)C)C(=O)C(C(N)=O)C(=O)[C@]4(O)C(=O)C2C3=O)cc1. The highest BCUT2D eigenvalue weighted by Gasteiger charge is 2.69. The van der Waals surface area contributed by atoms with Crippen LogP contribution in [-0.2, 0) is 25.6 Å². The van der Waals surface area contributed by atoms with Crippen molar-refractivity contribution in [3.05, 3.63) is 47.5 Å². The van der Waals surface area contributed by atoms with E-state index in [9.17, 15) is 34.2 Å². The van der Waals surface area contributed by atoms with Gasteiger partial charge in [0.25, 0.3) is 0 Å². The summed E-state index contributed by atoms with van der Waals surface area (Å²) in [5.74, 6) is -10.6. The summed E-state index contributed by atoms with van der Waals surface area (Å²) in [6.45, 7) is 0. The number of carbonyl (C=O) groups excluding carboxylic acids is 5. The number of nitrogens with one attached hydrogen (secondary N) is 1. The fraction of sp³-hybridized carbons (Fsp3) is 0.379. The average Bonchev–Trinajstić information content (AvgIpc) is 2.89. The van der Waals surface area contributed by atoms with Crippen LogP contribution in [0.4, 0.5) is 5.69 Å². The smallest absolute Gasteiger partial charge is 0.235 e. The predicted octanol–water partition coefficient (Wildman–Crippen LogP) is 0.604. The maximum absolute atomic E-state index is 13.9. The van der Waals surface area contributed by atoms with Crippen molar-refractivity contribution in [3.8, 4) is 16.9 Å². The fourth-order valence-corrected chi connectivity index (χ4v) is 6.76. The van der Waals surface area contributed by atoms with E-state index in [0.29, 0.717) is 11.1 Å². The Hall–Kier alpha value is -4.22. The second-order valence-corrected chi connectivity index (χ2v) is 10.9. The lowest BCUT2D eigenvalue weighted by Gasteiger charge is -2.52. The second-order valence-electron chi connectivity index (χ2n) is 10.9. The monoisotopic (exact) mass is 546 g/mol. The molecule has 0 aromatic heterocycles. The van der Waals surface area contributed by atoms with Crippen LogP contribution >= 0.6 is 0 Å². The summed E-state index contributed by atoms with van der Waals surface area (Å²) in [5.41, 5.74) is 5.39. The van der Waals surface area contributed by atoms with Crippen LogP contribution in [0.3, 0.4) is 0 Å². The van der Waals surface area contributed by atoms with Gasteiger partial charge in [0.15, 0.2) is 34.7 Å². The van der Waals surface area contributed by atoms with Crippen molar-refractivity contribution in [1.82, 2.24) is 4.90 Å². The van der Waals surface area contributed by atoms with Gasteiger partial charge in [0.2, 0.25) is 5.91 Å². The number of Topliss-reactive ketones (excluding diaryl/α,β-unsaturated/α-hetero) is 4. The average molecular weight is 547 g/mol. The summed E-state index contributed by atoms with van der Waals surface area (Å²) >= 11 is 0. The van der Waals surface area contributed by atoms with Gasteiger partial charge in [-0.25, -0.2) is 0 Å². The van der Waals surface area contributed by atoms with E-state index in [1.54, 1.807) is 33.5 Å². The lowest BCUT2D eigenvalue weighted by Crippen LogP contribution is -2.74. The Balaban J connectivity index is 1.60. The molecule has 3 aliphatic rings. The van der Waals surface area contributed by atoms with Crippen molar-refractivity contribution in [3.63, 3.8) is 0 Å². The molecular weight excluding hydrogens is 516 g/mol. The number of phenolic OH excluding ortho intramolecular Hbond substituents is 1. The zero-order valence-electron chi connectivity index (χ0n) is 22.2. The van der Waals surface area contributed by atoms with E-state index >= 15 is 0 Å². The van der Waals surface area contributed by atoms with Gasteiger partial charge in [0.05, 0.1) is 23.9 Å². The van der Waals surface area contributed by atoms with Crippen molar-refractivity contribution in [2.24, 2.45) is 34.4 Å². The number of aliphatic hydroxyl groups is 1. The van der Waals surface area contributed by atoms with Gasteiger partial charge in [0.1, 0.15) is 5.75 Å². The fourth-order valence-electron chi connectivity index (χ4n) is 6.76. The number of rotatable bonds is 5. The third kappa shape index (κ3) is 3.88. The number of hydrogen-bond acceptors (Lipinski definition) is 9. The molecule has 11 nitrogen and oxygen atoms in total. The molecule has 1 amide bonds. The molecule has 2 saturated carbocycles. The van der Waals surface area contributed by atoms with Gasteiger partial charge in [-0.05, 0) is 67.7 Å². The standard InChI is InChI=1S/C29H30N4O7/c1-31-12-32-15-6-4-13(5-7-15)16-8-9-19(34)21-17(16)10-14-11-18-23(33(2)3)25(36)22(28(30)39)27(38)29(18,40)26(37)20(14)24(21)35/h4-9,12,14,18,20,22-23,34,40H,10-11H2,1-3H3,(H2,30,39)(H,31,32)/t14-,18-,20?,22?,23-,29-/m1/s1. The predicted molar refractivity (Wildman–Crippen MR) is 145 cm³/mol. The van der Waals surface area contributed by atoms with Gasteiger partial charge >= 0.3 is 0 Å². The Morgan fingerprint density at radius 3 is 2.38 bits per heavy atom. The zero-order valence-corrected chi connectivity index (χ0v) is 22.2. The number of hydrogen-bond donors (Lipinski definition) is 4. The van der Waals surface area contributed by atoms with Gasteiger partial charge in [0, 0.05) is 18.7 Å². The maximum atomic E-state index is 13.9. The van der Waals surface area contributed by atoms with E-state index in [2.05, 4.69) is 10.3 Å². The molecule has 6 atom stereocenters. The number of anilines is 1. The van der Waals surface area contributed by atoms with Crippen molar-refractivity contribution in [1.29, 1.82) is 0 Å². The Bertz CT molecular complexity index is 1480. The molecular formula is C29H30N4O7. The molecule has 5 rings (SSSR count). The zero-order chi connectivity index (χ0) is 29.1. The molecule has 0 saturated heterocycles. The van der Waals surface area contributed by atoms with E-state index in [1.165, 1.54) is 11.0 Å². The molecule has 0 aliphatic heterocycles. The lowest BCUT2D eigenvalue weighted by atomic mass is 9.52. The van der Waals surface area contributed by atoms with Crippen LogP contribution in [0.25, 0.3) is 11.1 Å². The van der Waals surface area contributed by atoms with Crippen LogP contribution in [0.1, 0.15) is 22.3 Å². The molecule has 2 unspecified atom stereocenters. The topological polar surface area (TPSA) is 179 Å². The molecule has 0 radical (unpaired) electrons. The van der Waals surface area contributed by atoms with E-state index in [-0.39, 0.29) is 24.2 Å². The minimum absolute atomic E-state index is 0.00178. The molecule has 0 spiro atoms. The Kier molecular flexibility index (Phi) is 6.67. The summed E-state index contributed by atoms with van der Waals surface area (Å²) in [5, 5.41) is 25.4. The number of ketones is 4. The number of fused-ring (bicyclic) bond motifs is 3. The molecule has 0 bridgehead atoms. The molecule has 2 aromatic carbocycles. The summed E-state index contributed by atoms with van der Waals surface area (Å²) < 4.78 is 0. The van der Waals surface area contributed by atoms with Crippen LogP contribution in [0.15, 0.2) is 41.4 Å². The summed E-state index contributed by atoms with van der Waals surface area (Å²) in [6.07, 6.45) is 1.74. The quantitative estimate of drug-likeness (QED) is 0.237. The first-order valence-corrected chi connectivity index (χ1v) is 12.9. The minimum atomic E-state index is -2.74. The van der Waals surface area contributed by atoms with E-state index in [4.69, 9.17) is 5.73 Å². The number of amides is 1. The van der Waals surface area contributed by atoms with Gasteiger partial charge < -0.3 is 21.3 Å². The van der Waals surface area contributed by atoms with E-state index in [1.807, 2.05) is 24.3 Å². The van der Waals surface area contributed by atoms with Crippen molar-refractivity contribution >= 4 is 41.1 Å². The summed E-state index contributed by atoms with van der Waals surface area (Å²) in [7, 11) is 4.74. The number of aliphatic imine (C=N–C) groups is 1. The van der Waals surface area contributed by atoms with Crippen molar-refractivity contribution in [2.45, 2.75) is 24.5 Å². The first-order valence-electron chi connectivity index (χ1n) is 12.9. The molecule has 2 aromatic rings. The lowest BCUT2D eigenvalue weighted by molar-refractivity contribution is -0.181. The highest BCUT2D eigenvalue weighted by Crippen LogP contribution is 2.51. The van der Waals surface area contributed by atoms with Gasteiger partial charge in [-0.1, -0.05) is 18.2 Å². The second kappa shape index (κ2) is 9.76. The van der Waals surface area contributed by atoms with Crippen LogP contribution < -0.4 is 11.1 Å². The third-order valence-electron chi connectivity index (χ3n) is 8.50. The van der Waals surface area contributed by atoms with Gasteiger partial charge in [-0.2, -0.15) is 0 Å². The number of benzene rings is 2. The van der Waals surface area contributed by atoms with Crippen LogP contribution in [0.5, 0.6) is 5.75 Å². The number of nitrogens with zero attached hydrogens (tertiary/aromatic N) is 2. The van der Waals surface area contributed by atoms with Crippen molar-refractivity contribution in [2.75, 3.05) is 26.5 Å². The van der Waals surface area contributed by atoms with Crippen LogP contribution in [-0.4, -0.2) is 83.3 Å². The first-order chi connectivity index (χ1) is 18.9. The number of primary amides is 1. The Morgan fingerprint density at radius 2 is 1.77 bits per heavy atom. The number of carbonyl (C=O) groups is 5. The maximum Gasteiger partial charge on any atom is 0.235 e. The summed E-state index contributed by atoms with van der Waals surface area (Å²) in [6, 6.07) is 9.31. The number of aromatic hydroxyl groups is 1. The highest BCUT2D eigenvalue weighted by molar-refractivity contribution is 6.32. The summed E-state index contributed by atoms with van der Waals surface area (Å²) in [4.78, 5) is 71.8. The highest BCUT2D eigenvalue weighted by atomic mass is 16.3. The normalized spacial score (nSPS) is 29.8. The Labute approximate surface area is 230 Å². The molecule has 3 aliphatic carbocycles. The number of phenols is 1. The van der Waals surface area contributed by atoms with Crippen molar-refractivity contribution < 1.29 is 34.2 Å².